The Morgan fingerprint density at radius 2 is 2.07 bits per heavy atom. The summed E-state index contributed by atoms with van der Waals surface area (Å²) in [5.74, 6) is 0.106. The largest absolute Gasteiger partial charge is 0.496 e. The number of ether oxygens (including phenoxy) is 2. The Labute approximate surface area is 82.8 Å². The summed E-state index contributed by atoms with van der Waals surface area (Å²) in [5, 5.41) is 2.93. The summed E-state index contributed by atoms with van der Waals surface area (Å²) in [6.07, 6.45) is 0. The molecule has 0 spiro atoms. The van der Waals surface area contributed by atoms with E-state index >= 15 is 0 Å². The Hall–Kier alpha value is -1.71. The number of carbonyl (C=O) groups is 1. The lowest BCUT2D eigenvalue weighted by Crippen LogP contribution is -2.04. The number of rotatable bonds is 3. The maximum Gasteiger partial charge on any atom is 0.341 e. The highest BCUT2D eigenvalue weighted by Crippen LogP contribution is 2.22. The van der Waals surface area contributed by atoms with Gasteiger partial charge in [-0.25, -0.2) is 4.79 Å². The van der Waals surface area contributed by atoms with Gasteiger partial charge in [-0.3, -0.25) is 0 Å². The molecule has 0 atom stereocenters. The van der Waals surface area contributed by atoms with Gasteiger partial charge in [-0.15, -0.1) is 0 Å². The Bertz CT molecular complexity index is 336. The minimum atomic E-state index is -0.404. The van der Waals surface area contributed by atoms with Gasteiger partial charge in [0.05, 0.1) is 14.2 Å². The molecule has 0 saturated carbocycles. The Morgan fingerprint density at radius 3 is 2.57 bits per heavy atom. The average Bonchev–Trinajstić information content (AvgIpc) is 2.27. The van der Waals surface area contributed by atoms with Crippen LogP contribution in [0.5, 0.6) is 5.75 Å². The summed E-state index contributed by atoms with van der Waals surface area (Å²) in [7, 11) is 4.64. The Balaban J connectivity index is 3.14. The molecule has 1 N–H and O–H groups in total. The van der Waals surface area contributed by atoms with Crippen molar-refractivity contribution >= 4 is 11.7 Å². The molecule has 4 heteroatoms. The first-order valence-corrected chi connectivity index (χ1v) is 4.17. The van der Waals surface area contributed by atoms with E-state index in [4.69, 9.17) is 4.74 Å². The zero-order chi connectivity index (χ0) is 10.6. The second kappa shape index (κ2) is 4.50. The predicted octanol–water partition coefficient (Wildman–Crippen LogP) is 1.52. The quantitative estimate of drug-likeness (QED) is 0.743. The predicted molar refractivity (Wildman–Crippen MR) is 53.9 cm³/mol. The fourth-order valence-electron chi connectivity index (χ4n) is 1.13. The van der Waals surface area contributed by atoms with Crippen LogP contribution in [-0.2, 0) is 4.74 Å². The van der Waals surface area contributed by atoms with Crippen LogP contribution in [0.2, 0.25) is 0 Å². The number of carbonyl (C=O) groups excluding carboxylic acids is 1. The van der Waals surface area contributed by atoms with Crippen LogP contribution in [0, 0.1) is 0 Å². The standard InChI is InChI=1S/C10H13NO3/c1-11-7-4-5-9(13-2)8(6-7)10(12)14-3/h4-6,11H,1-3H3. The number of anilines is 1. The molecule has 0 aromatic heterocycles. The van der Waals surface area contributed by atoms with Crippen molar-refractivity contribution in [2.45, 2.75) is 0 Å². The SMILES string of the molecule is CNc1ccc(OC)c(C(=O)OC)c1. The molecule has 0 radical (unpaired) electrons. The average molecular weight is 195 g/mol. The molecule has 0 saturated heterocycles. The first-order valence-electron chi connectivity index (χ1n) is 4.17. The van der Waals surface area contributed by atoms with Crippen molar-refractivity contribution < 1.29 is 14.3 Å². The molecule has 4 nitrogen and oxygen atoms in total. The van der Waals surface area contributed by atoms with Crippen LogP contribution in [0.25, 0.3) is 0 Å². The van der Waals surface area contributed by atoms with Gasteiger partial charge >= 0.3 is 5.97 Å². The normalized spacial score (nSPS) is 9.36. The van der Waals surface area contributed by atoms with E-state index in [-0.39, 0.29) is 0 Å². The van der Waals surface area contributed by atoms with Gasteiger partial charge in [0, 0.05) is 12.7 Å². The van der Waals surface area contributed by atoms with E-state index in [1.807, 2.05) is 6.07 Å². The number of methoxy groups -OCH3 is 2. The van der Waals surface area contributed by atoms with Crippen molar-refractivity contribution in [1.82, 2.24) is 0 Å². The van der Waals surface area contributed by atoms with Crippen LogP contribution in [0.15, 0.2) is 18.2 Å². The number of hydrogen-bond acceptors (Lipinski definition) is 4. The van der Waals surface area contributed by atoms with E-state index in [1.54, 1.807) is 19.2 Å². The fraction of sp³-hybridized carbons (Fsp3) is 0.300. The van der Waals surface area contributed by atoms with Crippen molar-refractivity contribution in [3.63, 3.8) is 0 Å². The van der Waals surface area contributed by atoms with Gasteiger partial charge in [-0.2, -0.15) is 0 Å². The van der Waals surface area contributed by atoms with Crippen LogP contribution in [0.3, 0.4) is 0 Å². The topological polar surface area (TPSA) is 47.6 Å². The van der Waals surface area contributed by atoms with Gasteiger partial charge in [-0.1, -0.05) is 0 Å². The van der Waals surface area contributed by atoms with Gasteiger partial charge < -0.3 is 14.8 Å². The number of benzene rings is 1. The third-order valence-corrected chi connectivity index (χ3v) is 1.89. The van der Waals surface area contributed by atoms with Gasteiger partial charge in [-0.05, 0) is 18.2 Å². The molecule has 0 aliphatic heterocycles. The number of nitrogens with one attached hydrogen (secondary N) is 1. The van der Waals surface area contributed by atoms with Crippen molar-refractivity contribution in [3.05, 3.63) is 23.8 Å². The summed E-state index contributed by atoms with van der Waals surface area (Å²) in [4.78, 5) is 11.3. The van der Waals surface area contributed by atoms with Crippen LogP contribution in [0.1, 0.15) is 10.4 Å². The summed E-state index contributed by atoms with van der Waals surface area (Å²) < 4.78 is 9.67. The van der Waals surface area contributed by atoms with Crippen molar-refractivity contribution in [2.75, 3.05) is 26.6 Å². The lowest BCUT2D eigenvalue weighted by molar-refractivity contribution is 0.0597. The zero-order valence-corrected chi connectivity index (χ0v) is 8.46. The van der Waals surface area contributed by atoms with E-state index in [9.17, 15) is 4.79 Å². The van der Waals surface area contributed by atoms with Gasteiger partial charge in [0.15, 0.2) is 0 Å². The first-order chi connectivity index (χ1) is 6.72. The number of hydrogen-bond donors (Lipinski definition) is 1. The zero-order valence-electron chi connectivity index (χ0n) is 8.46. The summed E-state index contributed by atoms with van der Waals surface area (Å²) >= 11 is 0. The van der Waals surface area contributed by atoms with Crippen LogP contribution in [0.4, 0.5) is 5.69 Å². The van der Waals surface area contributed by atoms with Crippen molar-refractivity contribution in [1.29, 1.82) is 0 Å². The minimum absolute atomic E-state index is 0.404. The van der Waals surface area contributed by atoms with E-state index in [0.29, 0.717) is 11.3 Å². The molecule has 0 aliphatic carbocycles. The highest BCUT2D eigenvalue weighted by Gasteiger charge is 2.12. The monoisotopic (exact) mass is 195 g/mol. The second-order valence-electron chi connectivity index (χ2n) is 2.66. The first kappa shape index (κ1) is 10.4. The molecule has 14 heavy (non-hydrogen) atoms. The summed E-state index contributed by atoms with van der Waals surface area (Å²) in [6.45, 7) is 0. The maximum atomic E-state index is 11.3. The third kappa shape index (κ3) is 1.96. The Morgan fingerprint density at radius 1 is 1.36 bits per heavy atom. The lowest BCUT2D eigenvalue weighted by Gasteiger charge is -2.08. The van der Waals surface area contributed by atoms with E-state index in [2.05, 4.69) is 10.1 Å². The summed E-state index contributed by atoms with van der Waals surface area (Å²) in [6, 6.07) is 5.23. The van der Waals surface area contributed by atoms with Crippen molar-refractivity contribution in [3.8, 4) is 5.75 Å². The molecule has 0 amide bonds. The second-order valence-corrected chi connectivity index (χ2v) is 2.66. The van der Waals surface area contributed by atoms with E-state index in [1.165, 1.54) is 14.2 Å². The molecule has 1 rings (SSSR count). The fourth-order valence-corrected chi connectivity index (χ4v) is 1.13. The van der Waals surface area contributed by atoms with Crippen molar-refractivity contribution in [2.24, 2.45) is 0 Å². The molecule has 1 aromatic carbocycles. The minimum Gasteiger partial charge on any atom is -0.496 e. The molecular weight excluding hydrogens is 182 g/mol. The Kier molecular flexibility index (Phi) is 3.34. The van der Waals surface area contributed by atoms with Gasteiger partial charge in [0.25, 0.3) is 0 Å². The molecule has 1 aromatic rings. The van der Waals surface area contributed by atoms with Gasteiger partial charge in [0.2, 0.25) is 0 Å². The maximum absolute atomic E-state index is 11.3. The van der Waals surface area contributed by atoms with Crippen LogP contribution < -0.4 is 10.1 Å². The summed E-state index contributed by atoms with van der Waals surface area (Å²) in [5.41, 5.74) is 1.26. The molecule has 76 valence electrons. The highest BCUT2D eigenvalue weighted by molar-refractivity contribution is 5.93. The molecule has 0 heterocycles. The molecular formula is C10H13NO3. The van der Waals surface area contributed by atoms with E-state index < -0.39 is 5.97 Å². The molecule has 0 aliphatic rings. The number of esters is 1. The van der Waals surface area contributed by atoms with Crippen LogP contribution in [-0.4, -0.2) is 27.2 Å². The third-order valence-electron chi connectivity index (χ3n) is 1.89. The molecule has 0 bridgehead atoms. The highest BCUT2D eigenvalue weighted by atomic mass is 16.5. The van der Waals surface area contributed by atoms with Gasteiger partial charge in [0.1, 0.15) is 11.3 Å². The lowest BCUT2D eigenvalue weighted by atomic mass is 10.2. The molecule has 0 unspecified atom stereocenters. The van der Waals surface area contributed by atoms with E-state index in [0.717, 1.165) is 5.69 Å². The molecule has 0 fully saturated rings. The van der Waals surface area contributed by atoms with Crippen LogP contribution >= 0.6 is 0 Å². The smallest absolute Gasteiger partial charge is 0.341 e.